The first kappa shape index (κ1) is 17.4. The third-order valence-electron chi connectivity index (χ3n) is 5.18. The summed E-state index contributed by atoms with van der Waals surface area (Å²) in [6.07, 6.45) is 4.28. The minimum Gasteiger partial charge on any atom is -0.332 e. The van der Waals surface area contributed by atoms with E-state index in [2.05, 4.69) is 4.98 Å². The van der Waals surface area contributed by atoms with E-state index < -0.39 is 0 Å². The number of hydrogen-bond donors (Lipinski definition) is 0. The fraction of sp³-hybridized carbons (Fsp3) is 0.286. The fourth-order valence-corrected chi connectivity index (χ4v) is 3.72. The number of amides is 1. The van der Waals surface area contributed by atoms with Gasteiger partial charge in [-0.1, -0.05) is 12.1 Å². The molecule has 1 amide bonds. The largest absolute Gasteiger partial charge is 0.332 e. The molecule has 6 heteroatoms. The van der Waals surface area contributed by atoms with E-state index in [1.165, 1.54) is 23.0 Å². The minimum atomic E-state index is -0.283. The van der Waals surface area contributed by atoms with E-state index in [0.717, 1.165) is 24.8 Å². The van der Waals surface area contributed by atoms with Crippen LogP contribution in [0.25, 0.3) is 10.9 Å². The summed E-state index contributed by atoms with van der Waals surface area (Å²) < 4.78 is 14.7. The number of carbonyl (C=O) groups is 1. The van der Waals surface area contributed by atoms with Crippen molar-refractivity contribution in [2.24, 2.45) is 7.05 Å². The molecule has 0 spiro atoms. The molecule has 4 rings (SSSR count). The van der Waals surface area contributed by atoms with E-state index >= 15 is 0 Å². The summed E-state index contributed by atoms with van der Waals surface area (Å²) in [4.78, 5) is 31.5. The van der Waals surface area contributed by atoms with Gasteiger partial charge in [-0.15, -0.1) is 0 Å². The average molecular weight is 365 g/mol. The Bertz CT molecular complexity index is 1060. The van der Waals surface area contributed by atoms with E-state index in [-0.39, 0.29) is 23.3 Å². The molecule has 2 heterocycles. The second kappa shape index (κ2) is 6.95. The Hall–Kier alpha value is -3.02. The van der Waals surface area contributed by atoms with Crippen LogP contribution < -0.4 is 5.56 Å². The third-order valence-corrected chi connectivity index (χ3v) is 5.18. The van der Waals surface area contributed by atoms with E-state index in [4.69, 9.17) is 0 Å². The van der Waals surface area contributed by atoms with Crippen molar-refractivity contribution in [2.45, 2.75) is 25.3 Å². The van der Waals surface area contributed by atoms with Gasteiger partial charge in [-0.05, 0) is 55.2 Å². The molecule has 1 saturated heterocycles. The number of hydrogen-bond acceptors (Lipinski definition) is 3. The molecule has 1 fully saturated rings. The highest BCUT2D eigenvalue weighted by molar-refractivity contribution is 5.98. The second-order valence-electron chi connectivity index (χ2n) is 6.95. The van der Waals surface area contributed by atoms with Crippen LogP contribution in [0.5, 0.6) is 0 Å². The summed E-state index contributed by atoms with van der Waals surface area (Å²) in [6.45, 7) is 0.656. The number of nitrogens with zero attached hydrogens (tertiary/aromatic N) is 3. The number of benzene rings is 2. The molecule has 0 aliphatic carbocycles. The minimum absolute atomic E-state index is 0.0702. The van der Waals surface area contributed by atoms with E-state index in [1.54, 1.807) is 37.4 Å². The Morgan fingerprint density at radius 2 is 1.93 bits per heavy atom. The summed E-state index contributed by atoms with van der Waals surface area (Å²) in [6, 6.07) is 11.3. The quantitative estimate of drug-likeness (QED) is 0.699. The highest BCUT2D eigenvalue weighted by Gasteiger charge is 2.29. The Morgan fingerprint density at radius 1 is 1.15 bits per heavy atom. The Kier molecular flexibility index (Phi) is 4.48. The van der Waals surface area contributed by atoms with Crippen LogP contribution in [0.2, 0.25) is 0 Å². The second-order valence-corrected chi connectivity index (χ2v) is 6.95. The van der Waals surface area contributed by atoms with Gasteiger partial charge in [-0.25, -0.2) is 9.37 Å². The number of aromatic nitrogens is 2. The molecule has 1 aromatic heterocycles. The first-order chi connectivity index (χ1) is 13.0. The average Bonchev–Trinajstić information content (AvgIpc) is 2.70. The first-order valence-electron chi connectivity index (χ1n) is 9.06. The van der Waals surface area contributed by atoms with Gasteiger partial charge in [-0.2, -0.15) is 0 Å². The van der Waals surface area contributed by atoms with Crippen molar-refractivity contribution in [2.75, 3.05) is 6.54 Å². The van der Waals surface area contributed by atoms with Crippen molar-refractivity contribution >= 4 is 16.8 Å². The van der Waals surface area contributed by atoms with E-state index in [9.17, 15) is 14.0 Å². The van der Waals surface area contributed by atoms with Gasteiger partial charge in [0.2, 0.25) is 0 Å². The van der Waals surface area contributed by atoms with Gasteiger partial charge in [0, 0.05) is 19.2 Å². The van der Waals surface area contributed by atoms with Gasteiger partial charge >= 0.3 is 0 Å². The molecule has 1 aliphatic rings. The van der Waals surface area contributed by atoms with E-state index in [1.807, 2.05) is 4.90 Å². The van der Waals surface area contributed by atoms with Crippen LogP contribution in [0.1, 0.15) is 41.2 Å². The molecule has 0 unspecified atom stereocenters. The number of halogens is 1. The molecule has 3 aromatic rings. The molecule has 5 nitrogen and oxygen atoms in total. The molecule has 27 heavy (non-hydrogen) atoms. The molecule has 0 N–H and O–H groups in total. The molecule has 1 atom stereocenters. The lowest BCUT2D eigenvalue weighted by molar-refractivity contribution is 0.0611. The number of likely N-dealkylation sites (tertiary alicyclic amines) is 1. The van der Waals surface area contributed by atoms with Crippen LogP contribution in [0.4, 0.5) is 4.39 Å². The van der Waals surface area contributed by atoms with Crippen LogP contribution in [-0.2, 0) is 7.05 Å². The van der Waals surface area contributed by atoms with Gasteiger partial charge in [0.05, 0.1) is 23.3 Å². The van der Waals surface area contributed by atoms with Gasteiger partial charge in [0.15, 0.2) is 0 Å². The number of aryl methyl sites for hydroxylation is 1. The van der Waals surface area contributed by atoms with Crippen molar-refractivity contribution in [3.8, 4) is 0 Å². The van der Waals surface area contributed by atoms with Crippen LogP contribution in [0, 0.1) is 5.82 Å². The van der Waals surface area contributed by atoms with Crippen molar-refractivity contribution in [3.63, 3.8) is 0 Å². The maximum Gasteiger partial charge on any atom is 0.260 e. The highest BCUT2D eigenvalue weighted by atomic mass is 19.1. The lowest BCUT2D eigenvalue weighted by Crippen LogP contribution is -2.38. The van der Waals surface area contributed by atoms with Crippen molar-refractivity contribution < 1.29 is 9.18 Å². The van der Waals surface area contributed by atoms with Crippen LogP contribution in [-0.4, -0.2) is 26.9 Å². The van der Waals surface area contributed by atoms with Crippen molar-refractivity contribution in [1.29, 1.82) is 0 Å². The smallest absolute Gasteiger partial charge is 0.260 e. The molecule has 0 saturated carbocycles. The first-order valence-corrected chi connectivity index (χ1v) is 9.06. The Balaban J connectivity index is 1.69. The number of fused-ring (bicyclic) bond motifs is 1. The molecule has 0 radical (unpaired) electrons. The topological polar surface area (TPSA) is 55.2 Å². The van der Waals surface area contributed by atoms with E-state index in [0.29, 0.717) is 23.0 Å². The predicted molar refractivity (Wildman–Crippen MR) is 101 cm³/mol. The lowest BCUT2D eigenvalue weighted by atomic mass is 9.94. The summed E-state index contributed by atoms with van der Waals surface area (Å²) in [5, 5.41) is 0.491. The number of piperidine rings is 1. The zero-order valence-electron chi connectivity index (χ0n) is 15.1. The molecule has 0 bridgehead atoms. The Labute approximate surface area is 156 Å². The van der Waals surface area contributed by atoms with Gasteiger partial charge in [0.25, 0.3) is 11.5 Å². The van der Waals surface area contributed by atoms with Gasteiger partial charge in [0.1, 0.15) is 5.82 Å². The Morgan fingerprint density at radius 3 is 2.70 bits per heavy atom. The predicted octanol–water partition coefficient (Wildman–Crippen LogP) is 3.44. The van der Waals surface area contributed by atoms with Gasteiger partial charge in [-0.3, -0.25) is 9.59 Å². The van der Waals surface area contributed by atoms with Crippen molar-refractivity contribution in [3.05, 3.63) is 76.1 Å². The molecule has 2 aromatic carbocycles. The zero-order chi connectivity index (χ0) is 19.0. The standard InChI is InChI=1S/C21H20FN3O2/c1-24-13-23-18-12-15(7-10-17(18)21(24)27)20(26)25-11-3-2-4-19(25)14-5-8-16(22)9-6-14/h5-10,12-13,19H,2-4,11H2,1H3/t19-/m0/s1. The molecular formula is C21H20FN3O2. The van der Waals surface area contributed by atoms with Crippen molar-refractivity contribution in [1.82, 2.24) is 14.5 Å². The zero-order valence-corrected chi connectivity index (χ0v) is 15.1. The monoisotopic (exact) mass is 365 g/mol. The third kappa shape index (κ3) is 3.23. The highest BCUT2D eigenvalue weighted by Crippen LogP contribution is 2.32. The fourth-order valence-electron chi connectivity index (χ4n) is 3.72. The number of rotatable bonds is 2. The van der Waals surface area contributed by atoms with Crippen LogP contribution in [0.3, 0.4) is 0 Å². The number of carbonyl (C=O) groups excluding carboxylic acids is 1. The summed E-state index contributed by atoms with van der Waals surface area (Å²) in [7, 11) is 1.65. The molecule has 138 valence electrons. The normalized spacial score (nSPS) is 17.3. The summed E-state index contributed by atoms with van der Waals surface area (Å²) >= 11 is 0. The molecule has 1 aliphatic heterocycles. The molecular weight excluding hydrogens is 345 g/mol. The maximum absolute atomic E-state index is 13.3. The van der Waals surface area contributed by atoms with Crippen LogP contribution >= 0.6 is 0 Å². The van der Waals surface area contributed by atoms with Gasteiger partial charge < -0.3 is 9.47 Å². The lowest BCUT2D eigenvalue weighted by Gasteiger charge is -2.36. The maximum atomic E-state index is 13.3. The van der Waals surface area contributed by atoms with Crippen LogP contribution in [0.15, 0.2) is 53.6 Å². The summed E-state index contributed by atoms with van der Waals surface area (Å²) in [5.41, 5.74) is 1.83. The SMILES string of the molecule is Cn1cnc2cc(C(=O)N3CCCC[C@H]3c3ccc(F)cc3)ccc2c1=O. The summed E-state index contributed by atoms with van der Waals surface area (Å²) in [5.74, 6) is -0.372.